The smallest absolute Gasteiger partial charge is 0.261 e. The summed E-state index contributed by atoms with van der Waals surface area (Å²) >= 11 is 6.50. The van der Waals surface area contributed by atoms with Crippen LogP contribution < -0.4 is 16.0 Å². The topological polar surface area (TPSA) is 97.9 Å². The van der Waals surface area contributed by atoms with Crippen LogP contribution in [0, 0.1) is 0 Å². The first-order chi connectivity index (χ1) is 15.8. The maximum atomic E-state index is 12.7. The number of thioether (sulfide) groups is 1. The number of allylic oxidation sites excluding steroid dienone is 1. The lowest BCUT2D eigenvalue weighted by Crippen LogP contribution is -2.35. The molecule has 0 unspecified atom stereocenters. The predicted octanol–water partition coefficient (Wildman–Crippen LogP) is 3.97. The Balaban J connectivity index is 2.83. The maximum Gasteiger partial charge on any atom is 0.261 e. The van der Waals surface area contributed by atoms with Crippen molar-refractivity contribution in [3.05, 3.63) is 70.7 Å². The first kappa shape index (κ1) is 28.1. The zero-order valence-electron chi connectivity index (χ0n) is 19.1. The van der Waals surface area contributed by atoms with E-state index in [0.717, 1.165) is 0 Å². The molecule has 0 atom stereocenters. The number of nitrogens with one attached hydrogen (secondary N) is 3. The molecular formula is C23H29N3O5S2. The predicted molar refractivity (Wildman–Crippen MR) is 138 cm³/mol. The van der Waals surface area contributed by atoms with Crippen molar-refractivity contribution >= 4 is 52.3 Å². The van der Waals surface area contributed by atoms with Crippen molar-refractivity contribution in [2.24, 2.45) is 0 Å². The molecule has 2 amide bonds. The number of hydrogen-bond donors (Lipinski definition) is 3. The van der Waals surface area contributed by atoms with E-state index in [1.807, 2.05) is 13.0 Å². The molecule has 0 bridgehead atoms. The van der Waals surface area contributed by atoms with E-state index < -0.39 is 5.91 Å². The normalized spacial score (nSPS) is 11.8. The summed E-state index contributed by atoms with van der Waals surface area (Å²) in [6, 6.07) is 6.91. The van der Waals surface area contributed by atoms with E-state index in [1.165, 1.54) is 33.1 Å². The van der Waals surface area contributed by atoms with Crippen LogP contribution in [-0.2, 0) is 23.8 Å². The fraction of sp³-hybridized carbons (Fsp3) is 0.261. The number of thiocarbonyl (C=S) groups is 1. The lowest BCUT2D eigenvalue weighted by Gasteiger charge is -2.13. The first-order valence-corrected chi connectivity index (χ1v) is 11.1. The second-order valence-electron chi connectivity index (χ2n) is 6.32. The summed E-state index contributed by atoms with van der Waals surface area (Å²) in [5.41, 5.74) is 1.43. The van der Waals surface area contributed by atoms with Crippen LogP contribution in [0.4, 0.5) is 11.4 Å². The molecule has 3 N–H and O–H groups in total. The van der Waals surface area contributed by atoms with Crippen LogP contribution in [0.3, 0.4) is 0 Å². The number of amides is 2. The van der Waals surface area contributed by atoms with E-state index in [4.69, 9.17) is 26.4 Å². The minimum Gasteiger partial charge on any atom is -0.499 e. The van der Waals surface area contributed by atoms with Gasteiger partial charge < -0.3 is 24.8 Å². The lowest BCUT2D eigenvalue weighted by molar-refractivity contribution is -0.116. The zero-order valence-corrected chi connectivity index (χ0v) is 20.7. The standard InChI is InChI=1S/C23H29N3O5S2/c1-6-12-33-16(2)21(27)24-18-8-7-9-19(14-18)25-23(32)26-22(28)17(10-11-29-3)13-20(31-5)15-30-4/h6-10,12-14H,2,11,15H2,1,3-5H3,(H,24,27)(H2,25,26,28,32)/b12-6-,17-10+,20-13+. The zero-order chi connectivity index (χ0) is 24.6. The second-order valence-corrected chi connectivity index (χ2v) is 7.73. The number of carbonyl (C=O) groups is 2. The monoisotopic (exact) mass is 491 g/mol. The van der Waals surface area contributed by atoms with Crippen LogP contribution in [0.15, 0.2) is 70.7 Å². The molecule has 0 aliphatic rings. The van der Waals surface area contributed by atoms with Crippen molar-refractivity contribution in [1.82, 2.24) is 5.32 Å². The van der Waals surface area contributed by atoms with E-state index in [2.05, 4.69) is 22.5 Å². The van der Waals surface area contributed by atoms with Crippen LogP contribution in [0.2, 0.25) is 0 Å². The fourth-order valence-electron chi connectivity index (χ4n) is 2.28. The van der Waals surface area contributed by atoms with Gasteiger partial charge in [0.15, 0.2) is 5.11 Å². The highest BCUT2D eigenvalue weighted by Gasteiger charge is 2.12. The van der Waals surface area contributed by atoms with Gasteiger partial charge in [-0.2, -0.15) is 0 Å². The van der Waals surface area contributed by atoms with Crippen molar-refractivity contribution in [1.29, 1.82) is 0 Å². The molecular weight excluding hydrogens is 462 g/mol. The summed E-state index contributed by atoms with van der Waals surface area (Å²) in [7, 11) is 4.54. The Hall–Kier alpha value is -2.92. The SMILES string of the molecule is C=C(S/C=C\C)C(=O)Nc1cccc(NC(=S)NC(=O)C(/C=C(\COC)OC)=C/COC)c1. The molecule has 0 aliphatic carbocycles. The average molecular weight is 492 g/mol. The molecule has 0 saturated carbocycles. The van der Waals surface area contributed by atoms with Gasteiger partial charge in [0.2, 0.25) is 0 Å². The van der Waals surface area contributed by atoms with Crippen LogP contribution in [-0.4, -0.2) is 51.5 Å². The Morgan fingerprint density at radius 2 is 1.82 bits per heavy atom. The van der Waals surface area contributed by atoms with Crippen molar-refractivity contribution in [3.63, 3.8) is 0 Å². The summed E-state index contributed by atoms with van der Waals surface area (Å²) in [6.07, 6.45) is 4.97. The molecule has 1 aromatic rings. The van der Waals surface area contributed by atoms with Crippen LogP contribution >= 0.6 is 24.0 Å². The van der Waals surface area contributed by atoms with Crippen molar-refractivity contribution in [2.75, 3.05) is 45.2 Å². The van der Waals surface area contributed by atoms with Crippen LogP contribution in [0.5, 0.6) is 0 Å². The van der Waals surface area contributed by atoms with E-state index in [9.17, 15) is 9.59 Å². The second kappa shape index (κ2) is 15.8. The quantitative estimate of drug-likeness (QED) is 0.175. The Morgan fingerprint density at radius 1 is 1.12 bits per heavy atom. The van der Waals surface area contributed by atoms with Gasteiger partial charge in [-0.3, -0.25) is 14.9 Å². The highest BCUT2D eigenvalue weighted by Crippen LogP contribution is 2.20. The number of carbonyl (C=O) groups excluding carboxylic acids is 2. The maximum absolute atomic E-state index is 12.7. The third kappa shape index (κ3) is 11.0. The van der Waals surface area contributed by atoms with Crippen molar-refractivity contribution in [2.45, 2.75) is 6.92 Å². The molecule has 1 aromatic carbocycles. The average Bonchev–Trinajstić information content (AvgIpc) is 2.79. The molecule has 8 nitrogen and oxygen atoms in total. The molecule has 178 valence electrons. The number of benzene rings is 1. The van der Waals surface area contributed by atoms with E-state index in [1.54, 1.807) is 41.8 Å². The van der Waals surface area contributed by atoms with Gasteiger partial charge in [-0.25, -0.2) is 0 Å². The van der Waals surface area contributed by atoms with Gasteiger partial charge in [-0.05, 0) is 54.9 Å². The molecule has 0 aromatic heterocycles. The van der Waals surface area contributed by atoms with Gasteiger partial charge in [0, 0.05) is 31.2 Å². The van der Waals surface area contributed by atoms with E-state index in [0.29, 0.717) is 27.6 Å². The highest BCUT2D eigenvalue weighted by atomic mass is 32.2. The number of rotatable bonds is 12. The van der Waals surface area contributed by atoms with Gasteiger partial charge in [0.1, 0.15) is 12.4 Å². The summed E-state index contributed by atoms with van der Waals surface area (Å²) in [4.78, 5) is 25.3. The number of ether oxygens (including phenoxy) is 3. The number of hydrogen-bond acceptors (Lipinski definition) is 7. The molecule has 0 spiro atoms. The molecule has 33 heavy (non-hydrogen) atoms. The molecule has 0 radical (unpaired) electrons. The van der Waals surface area contributed by atoms with Crippen molar-refractivity contribution in [3.8, 4) is 0 Å². The largest absolute Gasteiger partial charge is 0.499 e. The summed E-state index contributed by atoms with van der Waals surface area (Å²) in [6.45, 7) is 6.03. The minimum atomic E-state index is -0.447. The molecule has 10 heteroatoms. The third-order valence-electron chi connectivity index (χ3n) is 3.80. The summed E-state index contributed by atoms with van der Waals surface area (Å²) in [5, 5.41) is 10.2. The highest BCUT2D eigenvalue weighted by molar-refractivity contribution is 8.06. The van der Waals surface area contributed by atoms with Crippen LogP contribution in [0.1, 0.15) is 6.92 Å². The number of anilines is 2. The molecule has 0 fully saturated rings. The Bertz CT molecular complexity index is 942. The number of methoxy groups -OCH3 is 3. The molecule has 1 rings (SSSR count). The molecule has 0 aliphatic heterocycles. The summed E-state index contributed by atoms with van der Waals surface area (Å²) < 4.78 is 15.3. The minimum absolute atomic E-state index is 0.0824. The Kier molecular flexibility index (Phi) is 13.5. The van der Waals surface area contributed by atoms with Gasteiger partial charge >= 0.3 is 0 Å². The first-order valence-electron chi connectivity index (χ1n) is 9.77. The Labute approximate surface area is 204 Å². The van der Waals surface area contributed by atoms with Gasteiger partial charge in [-0.15, -0.1) is 0 Å². The molecule has 0 heterocycles. The van der Waals surface area contributed by atoms with E-state index >= 15 is 0 Å². The van der Waals surface area contributed by atoms with E-state index in [-0.39, 0.29) is 24.2 Å². The van der Waals surface area contributed by atoms with Gasteiger partial charge in [-0.1, -0.05) is 30.5 Å². The Morgan fingerprint density at radius 3 is 2.42 bits per heavy atom. The lowest BCUT2D eigenvalue weighted by atomic mass is 10.2. The fourth-order valence-corrected chi connectivity index (χ4v) is 2.95. The molecule has 0 saturated heterocycles. The van der Waals surface area contributed by atoms with Crippen molar-refractivity contribution < 1.29 is 23.8 Å². The summed E-state index contributed by atoms with van der Waals surface area (Å²) in [5.74, 6) is -0.292. The van der Waals surface area contributed by atoms with Crippen LogP contribution in [0.25, 0.3) is 0 Å². The van der Waals surface area contributed by atoms with Gasteiger partial charge in [0.05, 0.1) is 18.6 Å². The third-order valence-corrected chi connectivity index (χ3v) is 4.88. The van der Waals surface area contributed by atoms with Gasteiger partial charge in [0.25, 0.3) is 11.8 Å².